The fraction of sp³-hybridized carbons (Fsp3) is 0.312. The molecule has 0 radical (unpaired) electrons. The molecule has 1 aromatic heterocycles. The van der Waals surface area contributed by atoms with Crippen LogP contribution in [0, 0.1) is 6.92 Å². The molecule has 5 nitrogen and oxygen atoms in total. The maximum atomic E-state index is 12.4. The fourth-order valence-corrected chi connectivity index (χ4v) is 3.38. The number of fused-ring (bicyclic) bond motifs is 1. The summed E-state index contributed by atoms with van der Waals surface area (Å²) in [5.74, 6) is -0.175. The van der Waals surface area contributed by atoms with Crippen molar-refractivity contribution in [2.75, 3.05) is 17.3 Å². The smallest absolute Gasteiger partial charge is 0.257 e. The van der Waals surface area contributed by atoms with Gasteiger partial charge in [0.15, 0.2) is 5.13 Å². The number of likely N-dealkylation sites (N-methyl/N-ethyl adjacent to an activating group) is 1. The van der Waals surface area contributed by atoms with E-state index in [-0.39, 0.29) is 11.8 Å². The molecule has 1 aliphatic rings. The van der Waals surface area contributed by atoms with Crippen molar-refractivity contribution in [3.8, 4) is 0 Å². The lowest BCUT2D eigenvalue weighted by molar-refractivity contribution is -0.121. The van der Waals surface area contributed by atoms with E-state index in [1.54, 1.807) is 24.1 Å². The molecular formula is C16H17N3O2S. The van der Waals surface area contributed by atoms with Gasteiger partial charge in [-0.1, -0.05) is 0 Å². The van der Waals surface area contributed by atoms with Crippen molar-refractivity contribution in [2.24, 2.45) is 0 Å². The minimum Gasteiger partial charge on any atom is -0.314 e. The lowest BCUT2D eigenvalue weighted by Gasteiger charge is -2.16. The average Bonchev–Trinajstić information content (AvgIpc) is 2.95. The number of nitrogens with zero attached hydrogens (tertiary/aromatic N) is 2. The van der Waals surface area contributed by atoms with Gasteiger partial charge in [0.2, 0.25) is 5.91 Å². The normalized spacial score (nSPS) is 15.8. The van der Waals surface area contributed by atoms with Gasteiger partial charge < -0.3 is 4.90 Å². The van der Waals surface area contributed by atoms with E-state index in [9.17, 15) is 9.59 Å². The molecule has 114 valence electrons. The zero-order valence-electron chi connectivity index (χ0n) is 12.9. The minimum absolute atomic E-state index is 0.0376. The van der Waals surface area contributed by atoms with E-state index in [0.717, 1.165) is 16.9 Å². The Morgan fingerprint density at radius 3 is 2.73 bits per heavy atom. The fourth-order valence-electron chi connectivity index (χ4n) is 2.69. The first-order valence-electron chi connectivity index (χ1n) is 6.97. The van der Waals surface area contributed by atoms with Crippen molar-refractivity contribution in [2.45, 2.75) is 26.2 Å². The summed E-state index contributed by atoms with van der Waals surface area (Å²) in [5, 5.41) is 5.25. The van der Waals surface area contributed by atoms with E-state index in [2.05, 4.69) is 10.3 Å². The largest absolute Gasteiger partial charge is 0.314 e. The number of hydrogen-bond acceptors (Lipinski definition) is 4. The molecule has 0 aliphatic carbocycles. The number of thiazole rings is 1. The van der Waals surface area contributed by atoms with Gasteiger partial charge in [-0.05, 0) is 44.5 Å². The predicted octanol–water partition coefficient (Wildman–Crippen LogP) is 2.96. The van der Waals surface area contributed by atoms with Gasteiger partial charge in [0, 0.05) is 23.7 Å². The second-order valence-electron chi connectivity index (χ2n) is 5.97. The highest BCUT2D eigenvalue weighted by atomic mass is 32.1. The van der Waals surface area contributed by atoms with Crippen LogP contribution in [0.2, 0.25) is 0 Å². The molecule has 1 aliphatic heterocycles. The van der Waals surface area contributed by atoms with Crippen LogP contribution in [0.1, 0.15) is 35.5 Å². The van der Waals surface area contributed by atoms with Crippen LogP contribution in [0.15, 0.2) is 23.6 Å². The lowest BCUT2D eigenvalue weighted by Crippen LogP contribution is -2.33. The molecule has 0 fully saturated rings. The number of hydrogen-bond donors (Lipinski definition) is 1. The summed E-state index contributed by atoms with van der Waals surface area (Å²) in [6.45, 7) is 5.64. The average molecular weight is 315 g/mol. The summed E-state index contributed by atoms with van der Waals surface area (Å²) in [4.78, 5) is 30.5. The number of nitrogens with one attached hydrogen (secondary N) is 1. The molecule has 0 unspecified atom stereocenters. The van der Waals surface area contributed by atoms with Crippen LogP contribution in [-0.2, 0) is 10.2 Å². The van der Waals surface area contributed by atoms with Crippen LogP contribution >= 0.6 is 11.3 Å². The van der Waals surface area contributed by atoms with Crippen molar-refractivity contribution >= 4 is 34.0 Å². The molecule has 6 heteroatoms. The zero-order chi connectivity index (χ0) is 16.1. The molecule has 22 heavy (non-hydrogen) atoms. The Hall–Kier alpha value is -2.21. The van der Waals surface area contributed by atoms with Crippen LogP contribution in [0.3, 0.4) is 0 Å². The van der Waals surface area contributed by atoms with Gasteiger partial charge in [0.1, 0.15) is 0 Å². The summed E-state index contributed by atoms with van der Waals surface area (Å²) < 4.78 is 0. The molecule has 0 bridgehead atoms. The second-order valence-corrected chi connectivity index (χ2v) is 6.83. The number of anilines is 2. The number of aromatic nitrogens is 1. The molecule has 3 rings (SSSR count). The molecule has 2 amide bonds. The van der Waals surface area contributed by atoms with Gasteiger partial charge in [-0.2, -0.15) is 0 Å². The van der Waals surface area contributed by atoms with Crippen molar-refractivity contribution in [3.05, 3.63) is 40.4 Å². The van der Waals surface area contributed by atoms with Crippen LogP contribution in [0.4, 0.5) is 10.8 Å². The molecule has 0 atom stereocenters. The molecule has 0 saturated heterocycles. The van der Waals surface area contributed by atoms with Gasteiger partial charge in [0.05, 0.1) is 11.1 Å². The highest BCUT2D eigenvalue weighted by Gasteiger charge is 2.42. The molecule has 1 N–H and O–H groups in total. The number of rotatable bonds is 2. The molecule has 0 saturated carbocycles. The van der Waals surface area contributed by atoms with E-state index in [4.69, 9.17) is 0 Å². The first kappa shape index (κ1) is 14.7. The molecule has 1 aromatic carbocycles. The number of aryl methyl sites for hydroxylation is 1. The first-order valence-corrected chi connectivity index (χ1v) is 7.85. The standard InChI is InChI=1S/C16H17N3O2S/c1-9-8-22-15(17-9)18-13(20)10-5-6-12-11(7-10)16(2,3)14(21)19(12)4/h5-8H,1-4H3,(H,17,18,20). The van der Waals surface area contributed by atoms with Gasteiger partial charge in [-0.25, -0.2) is 4.98 Å². The number of carbonyl (C=O) groups excluding carboxylic acids is 2. The third kappa shape index (κ3) is 2.20. The number of benzene rings is 1. The maximum absolute atomic E-state index is 12.4. The first-order chi connectivity index (χ1) is 10.3. The van der Waals surface area contributed by atoms with Crippen molar-refractivity contribution in [1.29, 1.82) is 0 Å². The summed E-state index contributed by atoms with van der Waals surface area (Å²) in [6, 6.07) is 5.36. The Labute approximate surface area is 133 Å². The van der Waals surface area contributed by atoms with Crippen molar-refractivity contribution < 1.29 is 9.59 Å². The quantitative estimate of drug-likeness (QED) is 0.927. The number of carbonyl (C=O) groups is 2. The Morgan fingerprint density at radius 2 is 2.09 bits per heavy atom. The third-order valence-electron chi connectivity index (χ3n) is 3.97. The maximum Gasteiger partial charge on any atom is 0.257 e. The topological polar surface area (TPSA) is 62.3 Å². The summed E-state index contributed by atoms with van der Waals surface area (Å²) >= 11 is 1.39. The van der Waals surface area contributed by atoms with Gasteiger partial charge >= 0.3 is 0 Å². The summed E-state index contributed by atoms with van der Waals surface area (Å²) in [5.41, 5.74) is 2.53. The van der Waals surface area contributed by atoms with Gasteiger partial charge in [0.25, 0.3) is 5.91 Å². The summed E-state index contributed by atoms with van der Waals surface area (Å²) in [6.07, 6.45) is 0. The molecule has 2 aromatic rings. The van der Waals surface area contributed by atoms with Crippen LogP contribution in [0.5, 0.6) is 0 Å². The van der Waals surface area contributed by atoms with Crippen LogP contribution in [0.25, 0.3) is 0 Å². The highest BCUT2D eigenvalue weighted by Crippen LogP contribution is 2.41. The Balaban J connectivity index is 1.93. The zero-order valence-corrected chi connectivity index (χ0v) is 13.7. The lowest BCUT2D eigenvalue weighted by atomic mass is 9.85. The molecular weight excluding hydrogens is 298 g/mol. The van der Waals surface area contributed by atoms with Gasteiger partial charge in [-0.3, -0.25) is 14.9 Å². The Bertz CT molecular complexity index is 779. The second kappa shape index (κ2) is 4.91. The van der Waals surface area contributed by atoms with Crippen molar-refractivity contribution in [1.82, 2.24) is 4.98 Å². The monoisotopic (exact) mass is 315 g/mol. The van der Waals surface area contributed by atoms with Crippen LogP contribution in [-0.4, -0.2) is 23.8 Å². The Kier molecular flexibility index (Phi) is 3.29. The van der Waals surface area contributed by atoms with E-state index >= 15 is 0 Å². The highest BCUT2D eigenvalue weighted by molar-refractivity contribution is 7.13. The van der Waals surface area contributed by atoms with E-state index in [1.807, 2.05) is 32.2 Å². The van der Waals surface area contributed by atoms with Crippen molar-refractivity contribution in [3.63, 3.8) is 0 Å². The minimum atomic E-state index is -0.613. The molecule has 2 heterocycles. The van der Waals surface area contributed by atoms with E-state index in [0.29, 0.717) is 10.7 Å². The predicted molar refractivity (Wildman–Crippen MR) is 87.7 cm³/mol. The van der Waals surface area contributed by atoms with E-state index in [1.165, 1.54) is 11.3 Å². The van der Waals surface area contributed by atoms with Gasteiger partial charge in [-0.15, -0.1) is 11.3 Å². The Morgan fingerprint density at radius 1 is 1.36 bits per heavy atom. The third-order valence-corrected chi connectivity index (χ3v) is 4.85. The van der Waals surface area contributed by atoms with Crippen LogP contribution < -0.4 is 10.2 Å². The number of amides is 2. The molecule has 0 spiro atoms. The SMILES string of the molecule is Cc1csc(NC(=O)c2ccc3c(c2)C(C)(C)C(=O)N3C)n1. The summed E-state index contributed by atoms with van der Waals surface area (Å²) in [7, 11) is 1.76. The van der Waals surface area contributed by atoms with E-state index < -0.39 is 5.41 Å².